The Kier molecular flexibility index (Phi) is 6.74. The van der Waals surface area contributed by atoms with Gasteiger partial charge in [-0.05, 0) is 18.7 Å². The van der Waals surface area contributed by atoms with Crippen LogP contribution in [0.25, 0.3) is 11.2 Å². The average molecular weight is 481 g/mol. The molecule has 12 nitrogen and oxygen atoms in total. The minimum absolute atomic E-state index is 0.122. The Labute approximate surface area is 191 Å². The number of morpholine rings is 1. The SMILES string of the molecule is CCn1c(Sc2nnc(NC(=O)CCN3CCOCC3)s2)nc2c1c(=O)n(C)c(=O)n2C. The van der Waals surface area contributed by atoms with E-state index in [1.807, 2.05) is 6.92 Å². The number of nitrogens with one attached hydrogen (secondary N) is 1. The average Bonchev–Trinajstić information content (AvgIpc) is 3.39. The van der Waals surface area contributed by atoms with Crippen LogP contribution < -0.4 is 16.6 Å². The van der Waals surface area contributed by atoms with Gasteiger partial charge in [-0.2, -0.15) is 0 Å². The lowest BCUT2D eigenvalue weighted by Gasteiger charge is -2.26. The zero-order valence-corrected chi connectivity index (χ0v) is 19.7. The molecule has 0 saturated carbocycles. The first-order valence-corrected chi connectivity index (χ1v) is 11.8. The Balaban J connectivity index is 1.48. The van der Waals surface area contributed by atoms with Crippen molar-refractivity contribution < 1.29 is 9.53 Å². The molecule has 1 aliphatic rings. The van der Waals surface area contributed by atoms with Crippen LogP contribution in [0, 0.1) is 0 Å². The first-order chi connectivity index (χ1) is 15.4. The zero-order chi connectivity index (χ0) is 22.8. The van der Waals surface area contributed by atoms with Crippen LogP contribution in [0.2, 0.25) is 0 Å². The third-order valence-electron chi connectivity index (χ3n) is 5.22. The molecule has 4 heterocycles. The van der Waals surface area contributed by atoms with E-state index in [2.05, 4.69) is 25.4 Å². The quantitative estimate of drug-likeness (QED) is 0.469. The van der Waals surface area contributed by atoms with Crippen molar-refractivity contribution in [1.82, 2.24) is 33.8 Å². The van der Waals surface area contributed by atoms with Crippen molar-refractivity contribution in [2.75, 3.05) is 38.2 Å². The van der Waals surface area contributed by atoms with E-state index in [-0.39, 0.29) is 5.91 Å². The predicted octanol–water partition coefficient (Wildman–Crippen LogP) is 0.117. The summed E-state index contributed by atoms with van der Waals surface area (Å²) < 4.78 is 10.1. The number of aryl methyl sites for hydroxylation is 2. The number of fused-ring (bicyclic) bond motifs is 1. The van der Waals surface area contributed by atoms with Crippen LogP contribution in [-0.2, 0) is 30.2 Å². The van der Waals surface area contributed by atoms with Crippen molar-refractivity contribution in [1.29, 1.82) is 0 Å². The van der Waals surface area contributed by atoms with Crippen molar-refractivity contribution in [3.8, 4) is 0 Å². The highest BCUT2D eigenvalue weighted by Crippen LogP contribution is 2.32. The molecule has 0 aromatic carbocycles. The van der Waals surface area contributed by atoms with Gasteiger partial charge in [0.15, 0.2) is 20.7 Å². The summed E-state index contributed by atoms with van der Waals surface area (Å²) in [5.41, 5.74) is -0.142. The summed E-state index contributed by atoms with van der Waals surface area (Å²) in [4.78, 5) is 43.8. The fraction of sp³-hybridized carbons (Fsp3) is 0.556. The Morgan fingerprint density at radius 3 is 2.66 bits per heavy atom. The molecule has 14 heteroatoms. The molecule has 172 valence electrons. The van der Waals surface area contributed by atoms with Crippen molar-refractivity contribution in [2.24, 2.45) is 14.1 Å². The Morgan fingerprint density at radius 1 is 1.19 bits per heavy atom. The first kappa shape index (κ1) is 22.6. The van der Waals surface area contributed by atoms with Crippen LogP contribution in [0.4, 0.5) is 5.13 Å². The van der Waals surface area contributed by atoms with Gasteiger partial charge in [-0.1, -0.05) is 11.3 Å². The predicted molar refractivity (Wildman–Crippen MR) is 120 cm³/mol. The maximum Gasteiger partial charge on any atom is 0.332 e. The van der Waals surface area contributed by atoms with Gasteiger partial charge in [-0.25, -0.2) is 9.78 Å². The van der Waals surface area contributed by atoms with E-state index in [4.69, 9.17) is 4.74 Å². The van der Waals surface area contributed by atoms with E-state index in [1.165, 1.54) is 34.7 Å². The number of hydrogen-bond acceptors (Lipinski definition) is 10. The fourth-order valence-corrected chi connectivity index (χ4v) is 5.26. The van der Waals surface area contributed by atoms with Gasteiger partial charge in [0.1, 0.15) is 0 Å². The van der Waals surface area contributed by atoms with Crippen molar-refractivity contribution in [2.45, 2.75) is 29.4 Å². The summed E-state index contributed by atoms with van der Waals surface area (Å²) >= 11 is 2.47. The second kappa shape index (κ2) is 9.52. The van der Waals surface area contributed by atoms with Gasteiger partial charge in [0.2, 0.25) is 11.0 Å². The molecular weight excluding hydrogens is 456 g/mol. The van der Waals surface area contributed by atoms with Gasteiger partial charge in [-0.3, -0.25) is 23.6 Å². The molecule has 1 aliphatic heterocycles. The maximum absolute atomic E-state index is 12.6. The molecule has 0 atom stereocenters. The molecular formula is C18H24N8O4S2. The molecule has 0 spiro atoms. The molecule has 1 saturated heterocycles. The zero-order valence-electron chi connectivity index (χ0n) is 18.0. The van der Waals surface area contributed by atoms with Gasteiger partial charge in [0, 0.05) is 46.7 Å². The summed E-state index contributed by atoms with van der Waals surface area (Å²) in [6, 6.07) is 0. The number of rotatable bonds is 7. The third kappa shape index (κ3) is 4.48. The molecule has 1 N–H and O–H groups in total. The summed E-state index contributed by atoms with van der Waals surface area (Å²) in [5.74, 6) is -0.122. The van der Waals surface area contributed by atoms with Gasteiger partial charge in [0.25, 0.3) is 5.56 Å². The minimum Gasteiger partial charge on any atom is -0.379 e. The molecule has 3 aromatic rings. The fourth-order valence-electron chi connectivity index (χ4n) is 3.44. The monoisotopic (exact) mass is 480 g/mol. The number of nitrogens with zero attached hydrogens (tertiary/aromatic N) is 7. The number of ether oxygens (including phenoxy) is 1. The van der Waals surface area contributed by atoms with Crippen LogP contribution in [-0.4, -0.2) is 72.5 Å². The van der Waals surface area contributed by atoms with Crippen LogP contribution in [0.1, 0.15) is 13.3 Å². The van der Waals surface area contributed by atoms with Crippen LogP contribution in [0.15, 0.2) is 19.1 Å². The standard InChI is InChI=1S/C18H24N8O4S2/c1-4-26-12-13(23(2)18(29)24(3)14(12)28)20-16(26)32-17-22-21-15(31-17)19-11(27)5-6-25-7-9-30-10-8-25/h4-10H2,1-3H3,(H,19,21,27). The minimum atomic E-state index is -0.433. The molecule has 3 aromatic heterocycles. The molecule has 0 bridgehead atoms. The van der Waals surface area contributed by atoms with E-state index in [0.29, 0.717) is 58.5 Å². The molecule has 0 aliphatic carbocycles. The van der Waals surface area contributed by atoms with E-state index >= 15 is 0 Å². The van der Waals surface area contributed by atoms with E-state index < -0.39 is 11.2 Å². The molecule has 1 fully saturated rings. The topological polar surface area (TPSA) is 129 Å². The van der Waals surface area contributed by atoms with Crippen molar-refractivity contribution >= 4 is 45.3 Å². The Bertz CT molecular complexity index is 1250. The van der Waals surface area contributed by atoms with Crippen LogP contribution in [0.5, 0.6) is 0 Å². The number of hydrogen-bond donors (Lipinski definition) is 1. The number of amides is 1. The Morgan fingerprint density at radius 2 is 1.94 bits per heavy atom. The van der Waals surface area contributed by atoms with Crippen LogP contribution in [0.3, 0.4) is 0 Å². The lowest BCUT2D eigenvalue weighted by molar-refractivity contribution is -0.116. The van der Waals surface area contributed by atoms with Gasteiger partial charge in [0.05, 0.1) is 13.2 Å². The normalized spacial score (nSPS) is 14.8. The number of aromatic nitrogens is 6. The highest BCUT2D eigenvalue weighted by Gasteiger charge is 2.20. The lowest BCUT2D eigenvalue weighted by Crippen LogP contribution is -2.38. The lowest BCUT2D eigenvalue weighted by atomic mass is 10.3. The molecule has 0 radical (unpaired) electrons. The molecule has 1 amide bonds. The summed E-state index contributed by atoms with van der Waals surface area (Å²) in [6.07, 6.45) is 0.366. The largest absolute Gasteiger partial charge is 0.379 e. The Hall–Kier alpha value is -2.55. The van der Waals surface area contributed by atoms with E-state index in [9.17, 15) is 14.4 Å². The maximum atomic E-state index is 12.6. The number of anilines is 1. The van der Waals surface area contributed by atoms with Crippen molar-refractivity contribution in [3.63, 3.8) is 0 Å². The first-order valence-electron chi connectivity index (χ1n) is 10.2. The van der Waals surface area contributed by atoms with E-state index in [0.717, 1.165) is 17.7 Å². The molecule has 4 rings (SSSR count). The molecule has 32 heavy (non-hydrogen) atoms. The second-order valence-corrected chi connectivity index (χ2v) is 9.44. The number of carbonyl (C=O) groups is 1. The summed E-state index contributed by atoms with van der Waals surface area (Å²) in [7, 11) is 3.03. The highest BCUT2D eigenvalue weighted by molar-refractivity contribution is 8.01. The summed E-state index contributed by atoms with van der Waals surface area (Å²) in [5, 5.41) is 11.9. The smallest absolute Gasteiger partial charge is 0.332 e. The van der Waals surface area contributed by atoms with Crippen molar-refractivity contribution in [3.05, 3.63) is 20.8 Å². The van der Waals surface area contributed by atoms with Gasteiger partial charge in [-0.15, -0.1) is 10.2 Å². The van der Waals surface area contributed by atoms with E-state index in [1.54, 1.807) is 11.6 Å². The highest BCUT2D eigenvalue weighted by atomic mass is 32.2. The third-order valence-corrected chi connectivity index (χ3v) is 7.10. The molecule has 0 unspecified atom stereocenters. The number of carbonyl (C=O) groups excluding carboxylic acids is 1. The number of imidazole rings is 1. The van der Waals surface area contributed by atoms with Gasteiger partial charge < -0.3 is 14.6 Å². The van der Waals surface area contributed by atoms with Gasteiger partial charge >= 0.3 is 5.69 Å². The summed E-state index contributed by atoms with van der Waals surface area (Å²) in [6.45, 7) is 6.12. The van der Waals surface area contributed by atoms with Crippen LogP contribution >= 0.6 is 23.1 Å². The second-order valence-electron chi connectivity index (χ2n) is 7.24.